The fourth-order valence-electron chi connectivity index (χ4n) is 2.20. The van der Waals surface area contributed by atoms with E-state index in [4.69, 9.17) is 26.8 Å². The molecule has 0 unspecified atom stereocenters. The summed E-state index contributed by atoms with van der Waals surface area (Å²) in [6, 6.07) is 6.40. The summed E-state index contributed by atoms with van der Waals surface area (Å²) in [5, 5.41) is 0.603. The monoisotopic (exact) mass is 297 g/mol. The Morgan fingerprint density at radius 3 is 2.85 bits per heavy atom. The third-order valence-electron chi connectivity index (χ3n) is 3.23. The van der Waals surface area contributed by atoms with Gasteiger partial charge in [-0.05, 0) is 26.0 Å². The number of benzene rings is 1. The summed E-state index contributed by atoms with van der Waals surface area (Å²) < 4.78 is 10.5. The molecule has 0 radical (unpaired) electrons. The Labute approximate surface area is 124 Å². The van der Waals surface area contributed by atoms with E-state index >= 15 is 0 Å². The first-order chi connectivity index (χ1) is 9.51. The fourth-order valence-corrected chi connectivity index (χ4v) is 2.39. The van der Waals surface area contributed by atoms with Gasteiger partial charge in [0.1, 0.15) is 18.4 Å². The molecule has 0 fully saturated rings. The van der Waals surface area contributed by atoms with Crippen molar-refractivity contribution in [2.75, 3.05) is 25.2 Å². The SMILES string of the molecule is COc1cc(N(C[C@H]2COC(N)=N2)C(C)C)ccc1Cl. The molecular formula is C14H20ClN3O2. The van der Waals surface area contributed by atoms with Crippen molar-refractivity contribution in [3.63, 3.8) is 0 Å². The van der Waals surface area contributed by atoms with E-state index in [1.54, 1.807) is 7.11 Å². The van der Waals surface area contributed by atoms with Crippen LogP contribution in [0.4, 0.5) is 5.69 Å². The van der Waals surface area contributed by atoms with E-state index in [0.29, 0.717) is 23.4 Å². The molecule has 20 heavy (non-hydrogen) atoms. The number of amidine groups is 1. The van der Waals surface area contributed by atoms with Crippen LogP contribution < -0.4 is 15.4 Å². The average molecular weight is 298 g/mol. The van der Waals surface area contributed by atoms with Crippen molar-refractivity contribution in [3.8, 4) is 5.75 Å². The summed E-state index contributed by atoms with van der Waals surface area (Å²) in [6.45, 7) is 5.52. The van der Waals surface area contributed by atoms with Crippen LogP contribution in [0.2, 0.25) is 5.02 Å². The van der Waals surface area contributed by atoms with Crippen molar-refractivity contribution in [2.24, 2.45) is 10.7 Å². The maximum absolute atomic E-state index is 6.07. The van der Waals surface area contributed by atoms with E-state index in [1.807, 2.05) is 18.2 Å². The molecule has 0 saturated carbocycles. The Morgan fingerprint density at radius 2 is 2.30 bits per heavy atom. The molecule has 1 aliphatic heterocycles. The van der Waals surface area contributed by atoms with Gasteiger partial charge in [-0.25, -0.2) is 4.99 Å². The number of hydrogen-bond acceptors (Lipinski definition) is 5. The molecule has 110 valence electrons. The van der Waals surface area contributed by atoms with Crippen molar-refractivity contribution in [3.05, 3.63) is 23.2 Å². The number of anilines is 1. The molecule has 1 aliphatic rings. The first-order valence-electron chi connectivity index (χ1n) is 6.57. The lowest BCUT2D eigenvalue weighted by Crippen LogP contribution is -2.37. The van der Waals surface area contributed by atoms with Crippen LogP contribution in [-0.4, -0.2) is 38.4 Å². The molecule has 1 heterocycles. The first kappa shape index (κ1) is 14.8. The van der Waals surface area contributed by atoms with Gasteiger partial charge in [0.05, 0.1) is 12.1 Å². The minimum absolute atomic E-state index is 0.0547. The molecule has 2 rings (SSSR count). The number of ether oxygens (including phenoxy) is 2. The van der Waals surface area contributed by atoms with E-state index in [1.165, 1.54) is 0 Å². The number of nitrogens with two attached hydrogens (primary N) is 1. The van der Waals surface area contributed by atoms with Crippen LogP contribution in [0.1, 0.15) is 13.8 Å². The van der Waals surface area contributed by atoms with Crippen LogP contribution in [0.15, 0.2) is 23.2 Å². The molecule has 0 spiro atoms. The van der Waals surface area contributed by atoms with Crippen molar-refractivity contribution in [1.82, 2.24) is 0 Å². The predicted molar refractivity (Wildman–Crippen MR) is 81.8 cm³/mol. The predicted octanol–water partition coefficient (Wildman–Crippen LogP) is 2.28. The van der Waals surface area contributed by atoms with E-state index in [2.05, 4.69) is 23.7 Å². The number of aliphatic imine (C=N–C) groups is 1. The standard InChI is InChI=1S/C14H20ClN3O2/c1-9(2)18(7-10-8-20-14(16)17-10)11-4-5-12(15)13(6-11)19-3/h4-6,9-10H,7-8H2,1-3H3,(H2,16,17)/t10-/m0/s1. The zero-order valence-corrected chi connectivity index (χ0v) is 12.7. The Bertz CT molecular complexity index is 505. The first-order valence-corrected chi connectivity index (χ1v) is 6.95. The van der Waals surface area contributed by atoms with Gasteiger partial charge in [0, 0.05) is 24.3 Å². The summed E-state index contributed by atoms with van der Waals surface area (Å²) >= 11 is 6.07. The summed E-state index contributed by atoms with van der Waals surface area (Å²) in [4.78, 5) is 6.50. The van der Waals surface area contributed by atoms with Crippen LogP contribution >= 0.6 is 11.6 Å². The average Bonchev–Trinajstić information content (AvgIpc) is 2.82. The van der Waals surface area contributed by atoms with Crippen LogP contribution in [0.3, 0.4) is 0 Å². The normalized spacial score (nSPS) is 17.9. The smallest absolute Gasteiger partial charge is 0.282 e. The Balaban J connectivity index is 2.20. The molecule has 0 bridgehead atoms. The van der Waals surface area contributed by atoms with Gasteiger partial charge in [0.2, 0.25) is 0 Å². The topological polar surface area (TPSA) is 60.1 Å². The molecule has 2 N–H and O–H groups in total. The zero-order chi connectivity index (χ0) is 14.7. The summed E-state index contributed by atoms with van der Waals surface area (Å²) in [5.41, 5.74) is 6.60. The Hall–Kier alpha value is -1.62. The van der Waals surface area contributed by atoms with Crippen LogP contribution in [0.25, 0.3) is 0 Å². The van der Waals surface area contributed by atoms with Crippen molar-refractivity contribution in [2.45, 2.75) is 25.9 Å². The van der Waals surface area contributed by atoms with Gasteiger partial charge >= 0.3 is 0 Å². The van der Waals surface area contributed by atoms with Gasteiger partial charge in [-0.1, -0.05) is 11.6 Å². The molecule has 1 aromatic carbocycles. The number of rotatable bonds is 5. The Morgan fingerprint density at radius 1 is 1.55 bits per heavy atom. The Kier molecular flexibility index (Phi) is 4.60. The molecule has 6 heteroatoms. The summed E-state index contributed by atoms with van der Waals surface area (Å²) in [5.74, 6) is 0.667. The van der Waals surface area contributed by atoms with Gasteiger partial charge in [-0.15, -0.1) is 0 Å². The summed E-state index contributed by atoms with van der Waals surface area (Å²) in [7, 11) is 1.61. The minimum Gasteiger partial charge on any atom is -0.495 e. The zero-order valence-electron chi connectivity index (χ0n) is 12.0. The number of halogens is 1. The quantitative estimate of drug-likeness (QED) is 0.906. The lowest BCUT2D eigenvalue weighted by molar-refractivity contribution is 0.312. The van der Waals surface area contributed by atoms with Crippen molar-refractivity contribution in [1.29, 1.82) is 0 Å². The van der Waals surface area contributed by atoms with Gasteiger partial charge in [-0.2, -0.15) is 0 Å². The van der Waals surface area contributed by atoms with Crippen LogP contribution in [0.5, 0.6) is 5.75 Å². The second-order valence-corrected chi connectivity index (χ2v) is 5.40. The molecule has 0 aromatic heterocycles. The molecular weight excluding hydrogens is 278 g/mol. The second kappa shape index (κ2) is 6.22. The van der Waals surface area contributed by atoms with Gasteiger partial charge in [0.15, 0.2) is 0 Å². The van der Waals surface area contributed by atoms with Crippen molar-refractivity contribution >= 4 is 23.3 Å². The second-order valence-electron chi connectivity index (χ2n) is 5.00. The number of methoxy groups -OCH3 is 1. The highest BCUT2D eigenvalue weighted by molar-refractivity contribution is 6.32. The highest BCUT2D eigenvalue weighted by atomic mass is 35.5. The largest absolute Gasteiger partial charge is 0.495 e. The van der Waals surface area contributed by atoms with Crippen molar-refractivity contribution < 1.29 is 9.47 Å². The van der Waals surface area contributed by atoms with E-state index in [-0.39, 0.29) is 12.1 Å². The van der Waals surface area contributed by atoms with E-state index in [0.717, 1.165) is 12.2 Å². The molecule has 1 atom stereocenters. The third kappa shape index (κ3) is 3.28. The molecule has 0 amide bonds. The van der Waals surface area contributed by atoms with E-state index in [9.17, 15) is 0 Å². The highest BCUT2D eigenvalue weighted by Crippen LogP contribution is 2.30. The minimum atomic E-state index is 0.0547. The highest BCUT2D eigenvalue weighted by Gasteiger charge is 2.22. The molecule has 5 nitrogen and oxygen atoms in total. The molecule has 1 aromatic rings. The maximum Gasteiger partial charge on any atom is 0.282 e. The maximum atomic E-state index is 6.07. The molecule has 0 saturated heterocycles. The fraction of sp³-hybridized carbons (Fsp3) is 0.500. The van der Waals surface area contributed by atoms with Gasteiger partial charge < -0.3 is 20.1 Å². The third-order valence-corrected chi connectivity index (χ3v) is 3.54. The number of hydrogen-bond donors (Lipinski definition) is 1. The van der Waals surface area contributed by atoms with Crippen LogP contribution in [0, 0.1) is 0 Å². The van der Waals surface area contributed by atoms with Gasteiger partial charge in [0.25, 0.3) is 6.02 Å². The summed E-state index contributed by atoms with van der Waals surface area (Å²) in [6.07, 6.45) is 0. The number of nitrogens with zero attached hydrogens (tertiary/aromatic N) is 2. The van der Waals surface area contributed by atoms with Gasteiger partial charge in [-0.3, -0.25) is 0 Å². The lowest BCUT2D eigenvalue weighted by atomic mass is 10.2. The van der Waals surface area contributed by atoms with E-state index < -0.39 is 0 Å². The molecule has 0 aliphatic carbocycles. The van der Waals surface area contributed by atoms with Crippen LogP contribution in [-0.2, 0) is 4.74 Å². The lowest BCUT2D eigenvalue weighted by Gasteiger charge is -2.30.